The predicted molar refractivity (Wildman–Crippen MR) is 141 cm³/mol. The van der Waals surface area contributed by atoms with Crippen molar-refractivity contribution in [2.75, 3.05) is 11.5 Å². The van der Waals surface area contributed by atoms with Gasteiger partial charge >= 0.3 is 0 Å². The van der Waals surface area contributed by atoms with Crippen molar-refractivity contribution in [2.45, 2.75) is 48.6 Å². The largest absolute Gasteiger partial charge is 0.289 e. The number of fused-ring (bicyclic) bond motifs is 2. The minimum Gasteiger partial charge on any atom is -0.289 e. The molecule has 1 aliphatic rings. The molecule has 14 nitrogen and oxygen atoms in total. The maximum Gasteiger partial charge on any atom is 0.266 e. The fraction of sp³-hybridized carbons (Fsp3) is 0.364. The van der Waals surface area contributed by atoms with Gasteiger partial charge in [-0.05, 0) is 64.1 Å². The molecule has 220 valence electrons. The molecule has 0 saturated carbocycles. The van der Waals surface area contributed by atoms with Crippen LogP contribution in [0.2, 0.25) is 0 Å². The van der Waals surface area contributed by atoms with E-state index in [9.17, 15) is 43.3 Å². The van der Waals surface area contributed by atoms with Crippen molar-refractivity contribution < 1.29 is 52.4 Å². The van der Waals surface area contributed by atoms with Gasteiger partial charge in [-0.25, -0.2) is 26.3 Å². The second-order valence-corrected chi connectivity index (χ2v) is 16.8. The van der Waals surface area contributed by atoms with Crippen molar-refractivity contribution in [2.24, 2.45) is 0 Å². The van der Waals surface area contributed by atoms with Crippen LogP contribution in [0, 0.1) is 0 Å². The summed E-state index contributed by atoms with van der Waals surface area (Å²) in [6, 6.07) is 6.01. The van der Waals surface area contributed by atoms with Gasteiger partial charge in [-0.3, -0.25) is 18.7 Å². The summed E-state index contributed by atoms with van der Waals surface area (Å²) in [5.41, 5.74) is -4.35. The summed E-state index contributed by atoms with van der Waals surface area (Å²) in [5, 5.41) is 0. The van der Waals surface area contributed by atoms with E-state index < -0.39 is 84.2 Å². The summed E-state index contributed by atoms with van der Waals surface area (Å²) < 4.78 is 119. The molecule has 0 amide bonds. The Hall–Kier alpha value is -2.58. The number of benzene rings is 2. The summed E-state index contributed by atoms with van der Waals surface area (Å²) in [7, 11) is -18.1. The lowest BCUT2D eigenvalue weighted by atomic mass is 9.84. The quantitative estimate of drug-likeness (QED) is 0.220. The van der Waals surface area contributed by atoms with Crippen molar-refractivity contribution in [3.05, 3.63) is 58.7 Å². The Kier molecular flexibility index (Phi) is 8.03. The lowest BCUT2D eigenvalue weighted by Crippen LogP contribution is -2.48. The monoisotopic (exact) mass is 638 g/mol. The maximum absolute atomic E-state index is 13.4. The Bertz CT molecular complexity index is 1730. The third-order valence-electron chi connectivity index (χ3n) is 5.49. The molecule has 0 saturated heterocycles. The van der Waals surface area contributed by atoms with E-state index in [2.05, 4.69) is 9.44 Å². The van der Waals surface area contributed by atoms with Gasteiger partial charge in [-0.2, -0.15) is 16.8 Å². The first kappa shape index (κ1) is 31.9. The second-order valence-electron chi connectivity index (χ2n) is 10.5. The molecule has 0 spiro atoms. The topological polar surface area (TPSA) is 235 Å². The summed E-state index contributed by atoms with van der Waals surface area (Å²) in [4.78, 5) is 25.4. The van der Waals surface area contributed by atoms with E-state index in [1.165, 1.54) is 27.7 Å². The zero-order valence-electron chi connectivity index (χ0n) is 21.5. The van der Waals surface area contributed by atoms with Gasteiger partial charge in [-0.1, -0.05) is 0 Å². The van der Waals surface area contributed by atoms with Gasteiger partial charge in [0.2, 0.25) is 20.0 Å². The molecule has 18 heteroatoms. The van der Waals surface area contributed by atoms with E-state index in [4.69, 9.17) is 9.11 Å². The molecule has 0 unspecified atom stereocenters. The zero-order valence-corrected chi connectivity index (χ0v) is 24.8. The molecule has 0 radical (unpaired) electrons. The number of ketones is 2. The fourth-order valence-electron chi connectivity index (χ4n) is 4.26. The van der Waals surface area contributed by atoms with E-state index in [0.717, 1.165) is 36.4 Å². The molecule has 2 aromatic carbocycles. The second kappa shape index (κ2) is 10.1. The maximum atomic E-state index is 13.4. The first-order valence-electron chi connectivity index (χ1n) is 11.2. The first-order valence-corrected chi connectivity index (χ1v) is 17.4. The first-order chi connectivity index (χ1) is 17.8. The average molecular weight is 639 g/mol. The fourth-order valence-corrected chi connectivity index (χ4v) is 9.29. The van der Waals surface area contributed by atoms with Crippen LogP contribution < -0.4 is 9.44 Å². The number of hydrogen-bond donors (Lipinski definition) is 4. The lowest BCUT2D eigenvalue weighted by molar-refractivity contribution is 0.0978. The van der Waals surface area contributed by atoms with Crippen molar-refractivity contribution in [1.29, 1.82) is 0 Å². The van der Waals surface area contributed by atoms with Gasteiger partial charge in [-0.15, -0.1) is 0 Å². The molecule has 0 fully saturated rings. The van der Waals surface area contributed by atoms with E-state index in [1.54, 1.807) is 0 Å². The SMILES string of the molecule is CC(C)(CS(=O)(=O)O)NS(=O)(=O)c1ccc2c(c1)C(=O)c1cc(S(=O)(=O)NC(C)(C)CS(=O)(=O)O)ccc1C2=O. The molecule has 0 heterocycles. The summed E-state index contributed by atoms with van der Waals surface area (Å²) in [6.45, 7) is 4.81. The van der Waals surface area contributed by atoms with Crippen LogP contribution in [-0.4, -0.2) is 76.9 Å². The van der Waals surface area contributed by atoms with Crippen LogP contribution in [0.4, 0.5) is 0 Å². The molecule has 3 rings (SSSR count). The van der Waals surface area contributed by atoms with Gasteiger partial charge in [0.25, 0.3) is 20.2 Å². The minimum absolute atomic E-state index is 0.156. The number of rotatable bonds is 10. The summed E-state index contributed by atoms with van der Waals surface area (Å²) in [6.07, 6.45) is 0. The Balaban J connectivity index is 2.02. The smallest absolute Gasteiger partial charge is 0.266 e. The van der Waals surface area contributed by atoms with E-state index in [0.29, 0.717) is 0 Å². The highest BCUT2D eigenvalue weighted by Gasteiger charge is 2.36. The van der Waals surface area contributed by atoms with Gasteiger partial charge < -0.3 is 0 Å². The van der Waals surface area contributed by atoms with Crippen LogP contribution in [0.1, 0.15) is 59.5 Å². The number of carbonyl (C=O) groups is 2. The standard InChI is InChI=1S/C22H26N2O12S4/c1-21(2,11-37(27,28)29)23-39(33,34)13-5-7-15-17(9-13)20(26)18-10-14(6-8-16(18)19(15)25)40(35,36)24-22(3,4)12-38(30,31)32/h5-10,23-24H,11-12H2,1-4H3,(H,27,28,29)(H,30,31,32). The molecular formula is C22H26N2O12S4. The van der Waals surface area contributed by atoms with Gasteiger partial charge in [0.1, 0.15) is 0 Å². The lowest BCUT2D eigenvalue weighted by Gasteiger charge is -2.25. The van der Waals surface area contributed by atoms with Crippen LogP contribution in [0.15, 0.2) is 46.2 Å². The van der Waals surface area contributed by atoms with Crippen molar-refractivity contribution in [3.63, 3.8) is 0 Å². The summed E-state index contributed by atoms with van der Waals surface area (Å²) >= 11 is 0. The molecule has 1 aliphatic carbocycles. The Morgan fingerprint density at radius 3 is 1.18 bits per heavy atom. The Morgan fingerprint density at radius 2 is 0.875 bits per heavy atom. The van der Waals surface area contributed by atoms with Crippen LogP contribution in [-0.2, 0) is 40.3 Å². The van der Waals surface area contributed by atoms with Crippen molar-refractivity contribution in [3.8, 4) is 0 Å². The van der Waals surface area contributed by atoms with Crippen LogP contribution in [0.25, 0.3) is 0 Å². The molecule has 4 N–H and O–H groups in total. The summed E-state index contributed by atoms with van der Waals surface area (Å²) in [5.74, 6) is -3.49. The molecule has 40 heavy (non-hydrogen) atoms. The predicted octanol–water partition coefficient (Wildman–Crippen LogP) is 0.351. The molecule has 0 aromatic heterocycles. The van der Waals surface area contributed by atoms with E-state index >= 15 is 0 Å². The van der Waals surface area contributed by atoms with Crippen LogP contribution >= 0.6 is 0 Å². The number of sulfonamides is 2. The van der Waals surface area contributed by atoms with Crippen molar-refractivity contribution >= 4 is 51.8 Å². The minimum atomic E-state index is -4.56. The zero-order chi connectivity index (χ0) is 30.7. The van der Waals surface area contributed by atoms with Gasteiger partial charge in [0, 0.05) is 33.3 Å². The van der Waals surface area contributed by atoms with Crippen LogP contribution in [0.3, 0.4) is 0 Å². The number of nitrogens with one attached hydrogen (secondary N) is 2. The van der Waals surface area contributed by atoms with E-state index in [-0.39, 0.29) is 22.3 Å². The molecule has 0 bridgehead atoms. The number of carbonyl (C=O) groups excluding carboxylic acids is 2. The van der Waals surface area contributed by atoms with Gasteiger partial charge in [0.05, 0.1) is 21.3 Å². The Labute approximate surface area is 231 Å². The van der Waals surface area contributed by atoms with Crippen molar-refractivity contribution in [1.82, 2.24) is 9.44 Å². The number of hydrogen-bond acceptors (Lipinski definition) is 10. The highest BCUT2D eigenvalue weighted by molar-refractivity contribution is 7.90. The Morgan fingerprint density at radius 1 is 0.575 bits per heavy atom. The molecule has 2 aromatic rings. The average Bonchev–Trinajstić information content (AvgIpc) is 2.71. The highest BCUT2D eigenvalue weighted by Crippen LogP contribution is 2.31. The van der Waals surface area contributed by atoms with Crippen LogP contribution in [0.5, 0.6) is 0 Å². The normalized spacial score (nSPS) is 15.1. The highest BCUT2D eigenvalue weighted by atomic mass is 32.2. The third kappa shape index (κ3) is 7.38. The molecular weight excluding hydrogens is 613 g/mol. The third-order valence-corrected chi connectivity index (χ3v) is 11.1. The van der Waals surface area contributed by atoms with E-state index in [1.807, 2.05) is 0 Å². The molecule has 0 aliphatic heterocycles. The van der Waals surface area contributed by atoms with Gasteiger partial charge in [0.15, 0.2) is 11.6 Å². The molecule has 0 atom stereocenters.